The first-order valence-corrected chi connectivity index (χ1v) is 2.57. The van der Waals surface area contributed by atoms with Gasteiger partial charge in [0.15, 0.2) is 0 Å². The number of hydrogen-bond acceptors (Lipinski definition) is 2. The van der Waals surface area contributed by atoms with Crippen molar-refractivity contribution in [2.24, 2.45) is 32.4 Å². The van der Waals surface area contributed by atoms with Gasteiger partial charge in [-0.1, -0.05) is 0 Å². The summed E-state index contributed by atoms with van der Waals surface area (Å²) in [6, 6.07) is 0. The molecule has 0 fully saturated rings. The van der Waals surface area contributed by atoms with Crippen LogP contribution in [0.2, 0.25) is 0 Å². The highest BCUT2D eigenvalue weighted by Gasteiger charge is 1.86. The van der Waals surface area contributed by atoms with E-state index >= 15 is 0 Å². The Balaban J connectivity index is 4.16. The maximum Gasteiger partial charge on any atom is 0.240 e. The Kier molecular flexibility index (Phi) is 3.62. The number of hydrogen-bond donors (Lipinski definition) is 3. The van der Waals surface area contributed by atoms with E-state index in [2.05, 4.69) is 15.1 Å². The zero-order valence-corrected chi connectivity index (χ0v) is 5.65. The van der Waals surface area contributed by atoms with Crippen LogP contribution in [-0.4, -0.2) is 18.1 Å². The van der Waals surface area contributed by atoms with E-state index in [4.69, 9.17) is 17.3 Å². The third kappa shape index (κ3) is 3.42. The van der Waals surface area contributed by atoms with E-state index in [0.29, 0.717) is 0 Å². The summed E-state index contributed by atoms with van der Waals surface area (Å²) in [5, 5.41) is 3.06. The van der Waals surface area contributed by atoms with Crippen molar-refractivity contribution in [2.75, 3.05) is 0 Å². The van der Waals surface area contributed by atoms with Crippen LogP contribution in [0.25, 0.3) is 0 Å². The highest BCUT2D eigenvalue weighted by Crippen LogP contribution is 1.71. The molecule has 0 bridgehead atoms. The first kappa shape index (κ1) is 8.41. The Bertz CT molecular complexity index is 178. The molecular formula is C4H10N6. The highest BCUT2D eigenvalue weighted by molar-refractivity contribution is 5.96. The van der Waals surface area contributed by atoms with Gasteiger partial charge in [0.2, 0.25) is 11.9 Å². The predicted molar refractivity (Wildman–Crippen MR) is 41.6 cm³/mol. The molecule has 0 atom stereocenters. The highest BCUT2D eigenvalue weighted by atomic mass is 15.2. The Morgan fingerprint density at radius 2 is 1.90 bits per heavy atom. The van der Waals surface area contributed by atoms with Crippen molar-refractivity contribution in [3.8, 4) is 0 Å². The van der Waals surface area contributed by atoms with Gasteiger partial charge in [-0.05, 0) is 6.92 Å². The lowest BCUT2D eigenvalue weighted by atomic mass is 10.8. The lowest BCUT2D eigenvalue weighted by molar-refractivity contribution is 1.21. The number of guanidine groups is 2. The smallest absolute Gasteiger partial charge is 0.240 e. The summed E-state index contributed by atoms with van der Waals surface area (Å²) in [7, 11) is 0. The molecule has 0 heterocycles. The molecule has 10 heavy (non-hydrogen) atoms. The molecule has 6 nitrogen and oxygen atoms in total. The number of nitrogens with two attached hydrogens (primary N) is 3. The Labute approximate surface area is 58.5 Å². The van der Waals surface area contributed by atoms with Gasteiger partial charge in [0, 0.05) is 6.21 Å². The monoisotopic (exact) mass is 142 g/mol. The summed E-state index contributed by atoms with van der Waals surface area (Å²) < 4.78 is 0. The second kappa shape index (κ2) is 4.30. The van der Waals surface area contributed by atoms with E-state index in [9.17, 15) is 0 Å². The normalized spacial score (nSPS) is 14.5. The standard InChI is InChI=1S/C4H10N6/c1-2-8-3(5)9-4(6)10-7/h2H,7H2,1H3,(H4,5,6,9,10)/b8-2+. The van der Waals surface area contributed by atoms with E-state index in [1.54, 1.807) is 6.92 Å². The minimum absolute atomic E-state index is 0.0363. The Morgan fingerprint density at radius 1 is 1.30 bits per heavy atom. The van der Waals surface area contributed by atoms with Crippen LogP contribution in [0.1, 0.15) is 6.92 Å². The molecule has 0 aliphatic heterocycles. The number of aliphatic imine (C=N–C) groups is 2. The third-order valence-electron chi connectivity index (χ3n) is 0.623. The molecule has 0 radical (unpaired) electrons. The van der Waals surface area contributed by atoms with Crippen LogP contribution in [0.15, 0.2) is 15.1 Å². The average molecular weight is 142 g/mol. The van der Waals surface area contributed by atoms with Crippen LogP contribution in [0.4, 0.5) is 0 Å². The molecule has 56 valence electrons. The summed E-state index contributed by atoms with van der Waals surface area (Å²) in [6.45, 7) is 1.71. The Hall–Kier alpha value is -1.59. The number of rotatable bonds is 0. The summed E-state index contributed by atoms with van der Waals surface area (Å²) in [6.07, 6.45) is 1.49. The van der Waals surface area contributed by atoms with Crippen molar-refractivity contribution in [1.82, 2.24) is 0 Å². The van der Waals surface area contributed by atoms with Gasteiger partial charge in [0.1, 0.15) is 0 Å². The minimum Gasteiger partial charge on any atom is -0.368 e. The molecule has 0 aliphatic carbocycles. The van der Waals surface area contributed by atoms with Crippen molar-refractivity contribution in [3.63, 3.8) is 0 Å². The average Bonchev–Trinajstić information content (AvgIpc) is 1.88. The molecule has 0 amide bonds. The molecule has 0 unspecified atom stereocenters. The summed E-state index contributed by atoms with van der Waals surface area (Å²) in [5.41, 5.74) is 10.3. The van der Waals surface area contributed by atoms with Crippen molar-refractivity contribution >= 4 is 18.1 Å². The molecule has 0 saturated carbocycles. The SMILES string of the molecule is C/C=N/C(N)=N\C(N)=N\N. The largest absolute Gasteiger partial charge is 0.368 e. The van der Waals surface area contributed by atoms with Gasteiger partial charge in [-0.2, -0.15) is 4.99 Å². The molecule has 0 saturated heterocycles. The number of hydrazone groups is 1. The fraction of sp³-hybridized carbons (Fsp3) is 0.250. The van der Waals surface area contributed by atoms with Crippen molar-refractivity contribution in [3.05, 3.63) is 0 Å². The molecule has 0 rings (SSSR count). The first-order chi connectivity index (χ1) is 4.70. The molecule has 0 aromatic carbocycles. The van der Waals surface area contributed by atoms with Gasteiger partial charge in [-0.15, -0.1) is 5.10 Å². The van der Waals surface area contributed by atoms with Crippen molar-refractivity contribution in [1.29, 1.82) is 0 Å². The molecule has 6 N–H and O–H groups in total. The van der Waals surface area contributed by atoms with E-state index in [-0.39, 0.29) is 11.9 Å². The van der Waals surface area contributed by atoms with E-state index < -0.39 is 0 Å². The van der Waals surface area contributed by atoms with Gasteiger partial charge in [-0.3, -0.25) is 0 Å². The van der Waals surface area contributed by atoms with Crippen LogP contribution < -0.4 is 17.3 Å². The van der Waals surface area contributed by atoms with E-state index in [0.717, 1.165) is 0 Å². The van der Waals surface area contributed by atoms with Gasteiger partial charge >= 0.3 is 0 Å². The fourth-order valence-corrected chi connectivity index (χ4v) is 0.307. The molecule has 0 spiro atoms. The molecule has 6 heteroatoms. The van der Waals surface area contributed by atoms with Gasteiger partial charge < -0.3 is 17.3 Å². The topological polar surface area (TPSA) is 115 Å². The second-order valence-electron chi connectivity index (χ2n) is 1.34. The van der Waals surface area contributed by atoms with Crippen molar-refractivity contribution in [2.45, 2.75) is 6.92 Å². The second-order valence-corrected chi connectivity index (χ2v) is 1.34. The maximum absolute atomic E-state index is 5.20. The van der Waals surface area contributed by atoms with E-state index in [1.165, 1.54) is 6.21 Å². The van der Waals surface area contributed by atoms with Gasteiger partial charge in [-0.25, -0.2) is 4.99 Å². The summed E-state index contributed by atoms with van der Waals surface area (Å²) >= 11 is 0. The lowest BCUT2D eigenvalue weighted by Crippen LogP contribution is -2.17. The van der Waals surface area contributed by atoms with Crippen molar-refractivity contribution < 1.29 is 0 Å². The van der Waals surface area contributed by atoms with Gasteiger partial charge in [0.05, 0.1) is 0 Å². The molecule has 0 aromatic heterocycles. The van der Waals surface area contributed by atoms with E-state index in [1.807, 2.05) is 0 Å². The van der Waals surface area contributed by atoms with Crippen LogP contribution in [-0.2, 0) is 0 Å². The fourth-order valence-electron chi connectivity index (χ4n) is 0.307. The number of nitrogens with zero attached hydrogens (tertiary/aromatic N) is 3. The zero-order chi connectivity index (χ0) is 7.98. The first-order valence-electron chi connectivity index (χ1n) is 2.57. The summed E-state index contributed by atoms with van der Waals surface area (Å²) in [5.74, 6) is 4.71. The summed E-state index contributed by atoms with van der Waals surface area (Å²) in [4.78, 5) is 7.08. The van der Waals surface area contributed by atoms with Gasteiger partial charge in [0.25, 0.3) is 0 Å². The zero-order valence-electron chi connectivity index (χ0n) is 5.65. The maximum atomic E-state index is 5.20. The third-order valence-corrected chi connectivity index (χ3v) is 0.623. The lowest BCUT2D eigenvalue weighted by Gasteiger charge is -1.89. The molecule has 0 aromatic rings. The quantitative estimate of drug-likeness (QED) is 0.167. The minimum atomic E-state index is -0.0944. The molecule has 0 aliphatic rings. The van der Waals surface area contributed by atoms with Crippen LogP contribution in [0, 0.1) is 0 Å². The van der Waals surface area contributed by atoms with Crippen LogP contribution in [0.5, 0.6) is 0 Å². The molecular weight excluding hydrogens is 132 g/mol. The van der Waals surface area contributed by atoms with Crippen LogP contribution in [0.3, 0.4) is 0 Å². The Morgan fingerprint density at radius 3 is 2.30 bits per heavy atom. The van der Waals surface area contributed by atoms with Crippen LogP contribution >= 0.6 is 0 Å². The predicted octanol–water partition coefficient (Wildman–Crippen LogP) is -1.42.